The van der Waals surface area contributed by atoms with Crippen molar-refractivity contribution >= 4 is 5.91 Å². The van der Waals surface area contributed by atoms with Crippen LogP contribution in [0, 0.1) is 12.8 Å². The number of rotatable bonds is 6. The number of piperazine rings is 1. The Kier molecular flexibility index (Phi) is 6.04. The van der Waals surface area contributed by atoms with E-state index in [4.69, 9.17) is 4.52 Å². The van der Waals surface area contributed by atoms with Gasteiger partial charge in [-0.3, -0.25) is 9.69 Å². The molecule has 0 aliphatic carbocycles. The lowest BCUT2D eigenvalue weighted by Gasteiger charge is -2.35. The van der Waals surface area contributed by atoms with Crippen molar-refractivity contribution in [2.45, 2.75) is 33.6 Å². The first kappa shape index (κ1) is 18.6. The van der Waals surface area contributed by atoms with Crippen molar-refractivity contribution in [2.24, 2.45) is 5.92 Å². The number of carbonyl (C=O) groups is 1. The van der Waals surface area contributed by atoms with Gasteiger partial charge in [-0.05, 0) is 19.9 Å². The van der Waals surface area contributed by atoms with Crippen molar-refractivity contribution in [1.29, 1.82) is 0 Å². The average Bonchev–Trinajstić information content (AvgIpc) is 3.11. The van der Waals surface area contributed by atoms with E-state index >= 15 is 0 Å². The minimum Gasteiger partial charge on any atom is -0.340 e. The van der Waals surface area contributed by atoms with E-state index in [9.17, 15) is 4.79 Å². The lowest BCUT2D eigenvalue weighted by Crippen LogP contribution is -2.49. The first-order valence-electron chi connectivity index (χ1n) is 9.43. The summed E-state index contributed by atoms with van der Waals surface area (Å²) in [6.07, 6.45) is 1.76. The van der Waals surface area contributed by atoms with Crippen LogP contribution in [0.1, 0.15) is 31.7 Å². The molecule has 26 heavy (non-hydrogen) atoms. The molecule has 1 aromatic heterocycles. The van der Waals surface area contributed by atoms with Gasteiger partial charge < -0.3 is 9.42 Å². The second-order valence-corrected chi connectivity index (χ2v) is 7.30. The number of hydrogen-bond donors (Lipinski definition) is 0. The van der Waals surface area contributed by atoms with Gasteiger partial charge in [-0.2, -0.15) is 4.98 Å². The molecule has 0 N–H and O–H groups in total. The van der Waals surface area contributed by atoms with E-state index in [1.807, 2.05) is 30.9 Å². The van der Waals surface area contributed by atoms with Crippen LogP contribution in [0.5, 0.6) is 0 Å². The van der Waals surface area contributed by atoms with Gasteiger partial charge in [0.1, 0.15) is 0 Å². The number of hydrogen-bond acceptors (Lipinski definition) is 5. The highest BCUT2D eigenvalue weighted by Crippen LogP contribution is 2.17. The Hall–Kier alpha value is -2.21. The van der Waals surface area contributed by atoms with E-state index in [1.54, 1.807) is 0 Å². The highest BCUT2D eigenvalue weighted by atomic mass is 16.5. The third kappa shape index (κ3) is 4.69. The minimum atomic E-state index is 0.0850. The van der Waals surface area contributed by atoms with E-state index < -0.39 is 0 Å². The quantitative estimate of drug-likeness (QED) is 0.796. The second kappa shape index (κ2) is 8.45. The van der Waals surface area contributed by atoms with Crippen molar-refractivity contribution in [3.8, 4) is 11.4 Å². The summed E-state index contributed by atoms with van der Waals surface area (Å²) >= 11 is 0. The molecule has 1 aliphatic rings. The van der Waals surface area contributed by atoms with Gasteiger partial charge in [0.25, 0.3) is 0 Å². The van der Waals surface area contributed by atoms with Crippen LogP contribution in [0.2, 0.25) is 0 Å². The molecule has 0 unspecified atom stereocenters. The Morgan fingerprint density at radius 2 is 1.85 bits per heavy atom. The van der Waals surface area contributed by atoms with E-state index in [2.05, 4.69) is 34.1 Å². The van der Waals surface area contributed by atoms with E-state index in [-0.39, 0.29) is 11.8 Å². The lowest BCUT2D eigenvalue weighted by atomic mass is 10.1. The molecule has 1 aromatic carbocycles. The maximum atomic E-state index is 12.0. The summed E-state index contributed by atoms with van der Waals surface area (Å²) in [6.45, 7) is 10.5. The highest BCUT2D eigenvalue weighted by molar-refractivity contribution is 5.78. The Bertz CT molecular complexity index is 716. The Morgan fingerprint density at radius 1 is 1.15 bits per heavy atom. The van der Waals surface area contributed by atoms with Crippen molar-refractivity contribution in [1.82, 2.24) is 19.9 Å². The monoisotopic (exact) mass is 356 g/mol. The van der Waals surface area contributed by atoms with Crippen LogP contribution in [0.15, 0.2) is 28.8 Å². The van der Waals surface area contributed by atoms with Gasteiger partial charge in [0.2, 0.25) is 17.6 Å². The topological polar surface area (TPSA) is 62.5 Å². The van der Waals surface area contributed by atoms with Crippen LogP contribution in [-0.4, -0.2) is 58.6 Å². The molecule has 0 saturated carbocycles. The lowest BCUT2D eigenvalue weighted by molar-refractivity contribution is -0.136. The number of aromatic nitrogens is 2. The SMILES string of the molecule is Cc1ccc(-c2noc(CCCN3CCN(C(=O)C(C)C)CC3)n2)cc1. The molecule has 1 amide bonds. The zero-order valence-electron chi connectivity index (χ0n) is 15.9. The van der Waals surface area contributed by atoms with Crippen LogP contribution in [0.3, 0.4) is 0 Å². The summed E-state index contributed by atoms with van der Waals surface area (Å²) in [6, 6.07) is 8.13. The van der Waals surface area contributed by atoms with Gasteiger partial charge in [-0.25, -0.2) is 0 Å². The van der Waals surface area contributed by atoms with Crippen LogP contribution >= 0.6 is 0 Å². The molecule has 6 heteroatoms. The van der Waals surface area contributed by atoms with Crippen LogP contribution in [-0.2, 0) is 11.2 Å². The number of nitrogens with zero attached hydrogens (tertiary/aromatic N) is 4. The highest BCUT2D eigenvalue weighted by Gasteiger charge is 2.22. The van der Waals surface area contributed by atoms with Crippen LogP contribution in [0.4, 0.5) is 0 Å². The maximum absolute atomic E-state index is 12.0. The molecular formula is C20H28N4O2. The van der Waals surface area contributed by atoms with Crippen LogP contribution < -0.4 is 0 Å². The molecule has 140 valence electrons. The Labute approximate surface area is 155 Å². The molecule has 2 heterocycles. The predicted molar refractivity (Wildman–Crippen MR) is 101 cm³/mol. The molecular weight excluding hydrogens is 328 g/mol. The van der Waals surface area contributed by atoms with Crippen molar-refractivity contribution in [3.05, 3.63) is 35.7 Å². The average molecular weight is 356 g/mol. The zero-order valence-corrected chi connectivity index (χ0v) is 15.9. The smallest absolute Gasteiger partial charge is 0.227 e. The molecule has 1 saturated heterocycles. The molecule has 6 nitrogen and oxygen atoms in total. The van der Waals surface area contributed by atoms with Gasteiger partial charge in [0.05, 0.1) is 0 Å². The molecule has 1 aliphatic heterocycles. The Morgan fingerprint density at radius 3 is 2.50 bits per heavy atom. The fraction of sp³-hybridized carbons (Fsp3) is 0.550. The van der Waals surface area contributed by atoms with Crippen molar-refractivity contribution in [3.63, 3.8) is 0 Å². The Balaban J connectivity index is 1.42. The third-order valence-corrected chi connectivity index (χ3v) is 4.82. The third-order valence-electron chi connectivity index (χ3n) is 4.82. The van der Waals surface area contributed by atoms with E-state index in [1.165, 1.54) is 5.56 Å². The standard InChI is InChI=1S/C20H28N4O2/c1-15(2)20(25)24-13-11-23(12-14-24)10-4-5-18-21-19(22-26-18)17-8-6-16(3)7-9-17/h6-9,15H,4-5,10-14H2,1-3H3. The summed E-state index contributed by atoms with van der Waals surface area (Å²) in [7, 11) is 0. The molecule has 0 bridgehead atoms. The number of amides is 1. The summed E-state index contributed by atoms with van der Waals surface area (Å²) < 4.78 is 5.38. The van der Waals surface area contributed by atoms with Gasteiger partial charge in [-0.1, -0.05) is 48.8 Å². The van der Waals surface area contributed by atoms with E-state index in [0.717, 1.165) is 51.1 Å². The normalized spacial score (nSPS) is 15.6. The van der Waals surface area contributed by atoms with Gasteiger partial charge in [0, 0.05) is 44.1 Å². The fourth-order valence-corrected chi connectivity index (χ4v) is 3.19. The first-order chi connectivity index (χ1) is 12.5. The predicted octanol–water partition coefficient (Wildman–Crippen LogP) is 2.78. The molecule has 3 rings (SSSR count). The molecule has 0 atom stereocenters. The minimum absolute atomic E-state index is 0.0850. The number of aryl methyl sites for hydroxylation is 2. The summed E-state index contributed by atoms with van der Waals surface area (Å²) in [5.74, 6) is 1.69. The van der Waals surface area contributed by atoms with Crippen molar-refractivity contribution < 1.29 is 9.32 Å². The largest absolute Gasteiger partial charge is 0.340 e. The molecule has 0 spiro atoms. The number of benzene rings is 1. The summed E-state index contributed by atoms with van der Waals surface area (Å²) in [5.41, 5.74) is 2.20. The van der Waals surface area contributed by atoms with Gasteiger partial charge >= 0.3 is 0 Å². The summed E-state index contributed by atoms with van der Waals surface area (Å²) in [4.78, 5) is 20.9. The fourth-order valence-electron chi connectivity index (χ4n) is 3.19. The van der Waals surface area contributed by atoms with Crippen molar-refractivity contribution in [2.75, 3.05) is 32.7 Å². The molecule has 2 aromatic rings. The first-order valence-corrected chi connectivity index (χ1v) is 9.43. The van der Waals surface area contributed by atoms with Crippen LogP contribution in [0.25, 0.3) is 11.4 Å². The molecule has 0 radical (unpaired) electrons. The zero-order chi connectivity index (χ0) is 18.5. The second-order valence-electron chi connectivity index (χ2n) is 7.30. The number of carbonyl (C=O) groups excluding carboxylic acids is 1. The van der Waals surface area contributed by atoms with Gasteiger partial charge in [0.15, 0.2) is 0 Å². The maximum Gasteiger partial charge on any atom is 0.227 e. The van der Waals surface area contributed by atoms with E-state index in [0.29, 0.717) is 11.7 Å². The molecule has 1 fully saturated rings. The van der Waals surface area contributed by atoms with Gasteiger partial charge in [-0.15, -0.1) is 0 Å². The summed E-state index contributed by atoms with van der Waals surface area (Å²) in [5, 5.41) is 4.08.